The van der Waals surface area contributed by atoms with Crippen LogP contribution in [-0.4, -0.2) is 21.1 Å². The fourth-order valence-electron chi connectivity index (χ4n) is 1.96. The third kappa shape index (κ3) is 3.07. The average molecular weight is 274 g/mol. The van der Waals surface area contributed by atoms with Gasteiger partial charge in [-0.2, -0.15) is 0 Å². The summed E-state index contributed by atoms with van der Waals surface area (Å²) in [4.78, 5) is 16.5. The molecule has 0 spiro atoms. The molecule has 2 aromatic rings. The maximum atomic E-state index is 12.3. The summed E-state index contributed by atoms with van der Waals surface area (Å²) in [6.07, 6.45) is 3.63. The van der Waals surface area contributed by atoms with E-state index >= 15 is 0 Å². The Labute approximate surface area is 118 Å². The normalized spacial score (nSPS) is 10.7. The molecule has 0 saturated carbocycles. The van der Waals surface area contributed by atoms with Crippen molar-refractivity contribution >= 4 is 17.5 Å². The van der Waals surface area contributed by atoms with Crippen LogP contribution in [-0.2, 0) is 7.05 Å². The van der Waals surface area contributed by atoms with E-state index in [-0.39, 0.29) is 5.78 Å². The van der Waals surface area contributed by atoms with Gasteiger partial charge in [-0.05, 0) is 43.5 Å². The van der Waals surface area contributed by atoms with Crippen molar-refractivity contribution in [1.29, 1.82) is 0 Å². The number of aromatic nitrogens is 2. The SMILES string of the molecule is Cc1cc(C)c(C(=O)CSc2nccn2C)cc1C. The highest BCUT2D eigenvalue weighted by Gasteiger charge is 2.12. The highest BCUT2D eigenvalue weighted by molar-refractivity contribution is 7.99. The van der Waals surface area contributed by atoms with Crippen molar-refractivity contribution in [1.82, 2.24) is 9.55 Å². The van der Waals surface area contributed by atoms with E-state index in [0.717, 1.165) is 21.8 Å². The average Bonchev–Trinajstić information content (AvgIpc) is 2.76. The summed E-state index contributed by atoms with van der Waals surface area (Å²) in [5.74, 6) is 0.586. The molecule has 0 bridgehead atoms. The van der Waals surface area contributed by atoms with Crippen LogP contribution < -0.4 is 0 Å². The number of carbonyl (C=O) groups excluding carboxylic acids is 1. The minimum atomic E-state index is 0.161. The van der Waals surface area contributed by atoms with Crippen LogP contribution >= 0.6 is 11.8 Å². The van der Waals surface area contributed by atoms with Gasteiger partial charge in [0.15, 0.2) is 10.9 Å². The lowest BCUT2D eigenvalue weighted by Gasteiger charge is -2.08. The number of hydrogen-bond acceptors (Lipinski definition) is 3. The first-order valence-corrected chi connectivity index (χ1v) is 7.18. The molecule has 0 radical (unpaired) electrons. The molecular formula is C15H18N2OS. The molecule has 0 aliphatic heterocycles. The number of aryl methyl sites for hydroxylation is 4. The number of ketones is 1. The molecule has 0 unspecified atom stereocenters. The van der Waals surface area contributed by atoms with Crippen molar-refractivity contribution in [3.63, 3.8) is 0 Å². The fourth-order valence-corrected chi connectivity index (χ4v) is 2.78. The third-order valence-electron chi connectivity index (χ3n) is 3.25. The quantitative estimate of drug-likeness (QED) is 0.633. The fraction of sp³-hybridized carbons (Fsp3) is 0.333. The number of thioether (sulfide) groups is 1. The Balaban J connectivity index is 2.12. The van der Waals surface area contributed by atoms with Crippen molar-refractivity contribution < 1.29 is 4.79 Å². The summed E-state index contributed by atoms with van der Waals surface area (Å²) >= 11 is 1.48. The second-order valence-electron chi connectivity index (χ2n) is 4.78. The van der Waals surface area contributed by atoms with Gasteiger partial charge in [-0.15, -0.1) is 0 Å². The Bertz CT molecular complexity index is 617. The maximum absolute atomic E-state index is 12.3. The van der Waals surface area contributed by atoms with E-state index in [1.165, 1.54) is 17.3 Å². The van der Waals surface area contributed by atoms with E-state index in [9.17, 15) is 4.79 Å². The van der Waals surface area contributed by atoms with Gasteiger partial charge < -0.3 is 4.57 Å². The first-order chi connectivity index (χ1) is 8.99. The molecule has 1 aromatic carbocycles. The van der Waals surface area contributed by atoms with Gasteiger partial charge in [0.2, 0.25) is 0 Å². The number of rotatable bonds is 4. The van der Waals surface area contributed by atoms with E-state index in [0.29, 0.717) is 5.75 Å². The van der Waals surface area contributed by atoms with E-state index in [2.05, 4.69) is 18.0 Å². The molecule has 4 heteroatoms. The Morgan fingerprint density at radius 3 is 2.53 bits per heavy atom. The number of Topliss-reactive ketones (excluding diaryl/α,β-unsaturated/α-hetero) is 1. The molecule has 1 heterocycles. The van der Waals surface area contributed by atoms with E-state index < -0.39 is 0 Å². The maximum Gasteiger partial charge on any atom is 0.173 e. The molecule has 0 aliphatic carbocycles. The lowest BCUT2D eigenvalue weighted by molar-refractivity contribution is 0.102. The molecule has 2 rings (SSSR count). The van der Waals surface area contributed by atoms with Crippen LogP contribution in [0.25, 0.3) is 0 Å². The molecule has 19 heavy (non-hydrogen) atoms. The standard InChI is InChI=1S/C15H18N2OS/c1-10-7-12(3)13(8-11(10)2)14(18)9-19-15-16-5-6-17(15)4/h5-8H,9H2,1-4H3. The summed E-state index contributed by atoms with van der Waals surface area (Å²) in [5, 5.41) is 0.870. The van der Waals surface area contributed by atoms with Crippen molar-refractivity contribution in [3.8, 4) is 0 Å². The van der Waals surface area contributed by atoms with Crippen LogP contribution in [0.3, 0.4) is 0 Å². The van der Waals surface area contributed by atoms with Gasteiger partial charge in [0.1, 0.15) is 0 Å². The van der Waals surface area contributed by atoms with Crippen molar-refractivity contribution in [2.75, 3.05) is 5.75 Å². The highest BCUT2D eigenvalue weighted by atomic mass is 32.2. The first-order valence-electron chi connectivity index (χ1n) is 6.20. The topological polar surface area (TPSA) is 34.9 Å². The van der Waals surface area contributed by atoms with Crippen LogP contribution in [0.2, 0.25) is 0 Å². The zero-order chi connectivity index (χ0) is 14.0. The lowest BCUT2D eigenvalue weighted by atomic mass is 9.99. The molecule has 0 atom stereocenters. The van der Waals surface area contributed by atoms with Gasteiger partial charge in [0, 0.05) is 25.0 Å². The second kappa shape index (κ2) is 5.61. The molecule has 0 amide bonds. The van der Waals surface area contributed by atoms with E-state index in [4.69, 9.17) is 0 Å². The summed E-state index contributed by atoms with van der Waals surface area (Å²) in [5.41, 5.74) is 4.26. The highest BCUT2D eigenvalue weighted by Crippen LogP contribution is 2.20. The van der Waals surface area contributed by atoms with Gasteiger partial charge in [0.25, 0.3) is 0 Å². The number of imidazole rings is 1. The Kier molecular flexibility index (Phi) is 4.10. The molecule has 0 aliphatic rings. The molecular weight excluding hydrogens is 256 g/mol. The summed E-state index contributed by atoms with van der Waals surface area (Å²) in [7, 11) is 1.93. The van der Waals surface area contributed by atoms with Crippen LogP contribution in [0.4, 0.5) is 0 Å². The number of hydrogen-bond donors (Lipinski definition) is 0. The van der Waals surface area contributed by atoms with Gasteiger partial charge in [0.05, 0.1) is 5.75 Å². The number of nitrogens with zero attached hydrogens (tertiary/aromatic N) is 2. The van der Waals surface area contributed by atoms with Crippen molar-refractivity contribution in [2.45, 2.75) is 25.9 Å². The molecule has 3 nitrogen and oxygen atoms in total. The van der Waals surface area contributed by atoms with Crippen LogP contribution in [0.15, 0.2) is 29.7 Å². The zero-order valence-electron chi connectivity index (χ0n) is 11.7. The Morgan fingerprint density at radius 2 is 1.89 bits per heavy atom. The minimum absolute atomic E-state index is 0.161. The Morgan fingerprint density at radius 1 is 1.21 bits per heavy atom. The molecule has 100 valence electrons. The smallest absolute Gasteiger partial charge is 0.173 e. The van der Waals surface area contributed by atoms with Gasteiger partial charge in [-0.1, -0.05) is 17.8 Å². The van der Waals surface area contributed by atoms with Gasteiger partial charge in [-0.25, -0.2) is 4.98 Å². The van der Waals surface area contributed by atoms with Gasteiger partial charge >= 0.3 is 0 Å². The third-order valence-corrected chi connectivity index (χ3v) is 4.31. The van der Waals surface area contributed by atoms with Gasteiger partial charge in [-0.3, -0.25) is 4.79 Å². The van der Waals surface area contributed by atoms with Crippen LogP contribution in [0.5, 0.6) is 0 Å². The first kappa shape index (κ1) is 13.9. The monoisotopic (exact) mass is 274 g/mol. The predicted molar refractivity (Wildman–Crippen MR) is 78.9 cm³/mol. The minimum Gasteiger partial charge on any atom is -0.329 e. The molecule has 0 saturated heterocycles. The van der Waals surface area contributed by atoms with Crippen molar-refractivity contribution in [3.05, 3.63) is 46.8 Å². The zero-order valence-corrected chi connectivity index (χ0v) is 12.5. The summed E-state index contributed by atoms with van der Waals surface area (Å²) in [6, 6.07) is 4.07. The van der Waals surface area contributed by atoms with E-state index in [1.54, 1.807) is 6.20 Å². The summed E-state index contributed by atoms with van der Waals surface area (Å²) < 4.78 is 1.92. The van der Waals surface area contributed by atoms with E-state index in [1.807, 2.05) is 37.7 Å². The summed E-state index contributed by atoms with van der Waals surface area (Å²) in [6.45, 7) is 6.10. The second-order valence-corrected chi connectivity index (χ2v) is 5.73. The molecule has 0 fully saturated rings. The van der Waals surface area contributed by atoms with Crippen LogP contribution in [0.1, 0.15) is 27.0 Å². The molecule has 1 aromatic heterocycles. The Hall–Kier alpha value is -1.55. The lowest BCUT2D eigenvalue weighted by Crippen LogP contribution is -2.07. The number of benzene rings is 1. The van der Waals surface area contributed by atoms with Crippen LogP contribution in [0, 0.1) is 20.8 Å². The predicted octanol–water partition coefficient (Wildman–Crippen LogP) is 3.32. The van der Waals surface area contributed by atoms with Crippen molar-refractivity contribution in [2.24, 2.45) is 7.05 Å². The largest absolute Gasteiger partial charge is 0.329 e. The number of carbonyl (C=O) groups is 1. The molecule has 0 N–H and O–H groups in total.